The number of aliphatic carboxylic acids is 1. The minimum atomic E-state index is -1.31. The molecule has 1 fully saturated rings. The average Bonchev–Trinajstić information content (AvgIpc) is 2.12. The maximum Gasteiger partial charge on any atom is 1.00 e. The Morgan fingerprint density at radius 3 is 1.83 bits per heavy atom. The maximum atomic E-state index is 10.5. The van der Waals surface area contributed by atoms with Crippen LogP contribution in [0.3, 0.4) is 0 Å². The minimum absolute atomic E-state index is 0. The number of hydrogen-bond donors (Lipinski definition) is 3. The van der Waals surface area contributed by atoms with E-state index in [1.54, 1.807) is 0 Å². The Morgan fingerprint density at radius 1 is 1.22 bits per heavy atom. The number of hydrogen-bond acceptors (Lipinski definition) is 7. The number of ketones is 1. The summed E-state index contributed by atoms with van der Waals surface area (Å²) in [6, 6.07) is -2.09. The number of nitrogens with two attached hydrogens (primary N) is 1. The van der Waals surface area contributed by atoms with Crippen LogP contribution in [0.2, 0.25) is 0 Å². The molecule has 0 unspecified atom stereocenters. The number of rotatable bonds is 2. The molecule has 1 aliphatic heterocycles. The fourth-order valence-corrected chi connectivity index (χ4v) is 0.733. The molecule has 4 N–H and O–H groups in total. The molecule has 1 rings (SSSR count). The molecule has 18 heavy (non-hydrogen) atoms. The summed E-state index contributed by atoms with van der Waals surface area (Å²) in [5, 5.41) is 13.1. The number of carboxylic acid groups (broad SMARTS) is 1. The summed E-state index contributed by atoms with van der Waals surface area (Å²) in [5.41, 5.74) is 5.01. The van der Waals surface area contributed by atoms with E-state index in [1.165, 1.54) is 6.92 Å². The van der Waals surface area contributed by atoms with E-state index in [9.17, 15) is 29.1 Å². The van der Waals surface area contributed by atoms with Crippen molar-refractivity contribution in [3.05, 3.63) is 0 Å². The van der Waals surface area contributed by atoms with Crippen molar-refractivity contribution >= 4 is 29.6 Å². The second-order valence-corrected chi connectivity index (χ2v) is 3.04. The van der Waals surface area contributed by atoms with Gasteiger partial charge in [-0.1, -0.05) is 0 Å². The van der Waals surface area contributed by atoms with Crippen molar-refractivity contribution in [1.29, 1.82) is 0 Å². The molecule has 9 nitrogen and oxygen atoms in total. The Morgan fingerprint density at radius 2 is 1.61 bits per heavy atom. The molecule has 1 saturated heterocycles. The van der Waals surface area contributed by atoms with Crippen LogP contribution in [0.4, 0.5) is 4.79 Å². The van der Waals surface area contributed by atoms with Gasteiger partial charge in [-0.15, -0.1) is 0 Å². The number of imide groups is 2. The SMILES string of the molecule is CC(=O)CC(=O)[O-].NC1C(=O)NC(=O)NC1=O.[Na+]. The van der Waals surface area contributed by atoms with Crippen LogP contribution >= 0.6 is 0 Å². The number of barbiturate groups is 1. The van der Waals surface area contributed by atoms with Crippen molar-refractivity contribution in [2.24, 2.45) is 5.73 Å². The largest absolute Gasteiger partial charge is 1.00 e. The van der Waals surface area contributed by atoms with Crippen LogP contribution in [0.1, 0.15) is 13.3 Å². The molecule has 0 spiro atoms. The summed E-state index contributed by atoms with van der Waals surface area (Å²) in [4.78, 5) is 50.6. The standard InChI is InChI=1S/C4H5N3O3.C4H6O3.Na/c5-1-2(8)6-4(10)7-3(1)9;1-3(5)2-4(6)7;/h1H,5H2,(H2,6,7,8,9,10);2H2,1H3,(H,6,7);/q;;+1/p-1. The number of nitrogens with one attached hydrogen (secondary N) is 2. The van der Waals surface area contributed by atoms with Crippen LogP contribution in [0.25, 0.3) is 0 Å². The smallest absolute Gasteiger partial charge is 0.550 e. The number of carboxylic acids is 1. The number of Topliss-reactive ketones (excluding diaryl/α,β-unsaturated/α-hetero) is 1. The number of carbonyl (C=O) groups is 5. The molecule has 1 heterocycles. The molecule has 0 aromatic rings. The van der Waals surface area contributed by atoms with Crippen LogP contribution in [-0.2, 0) is 19.2 Å². The number of amides is 4. The van der Waals surface area contributed by atoms with E-state index in [4.69, 9.17) is 5.73 Å². The molecular formula is C8H10N3NaO6. The average molecular weight is 267 g/mol. The first-order valence-electron chi connectivity index (χ1n) is 4.34. The second kappa shape index (κ2) is 8.75. The molecular weight excluding hydrogens is 257 g/mol. The van der Waals surface area contributed by atoms with Gasteiger partial charge in [-0.2, -0.15) is 0 Å². The topological polar surface area (TPSA) is 158 Å². The summed E-state index contributed by atoms with van der Waals surface area (Å²) < 4.78 is 0. The molecule has 0 saturated carbocycles. The van der Waals surface area contributed by atoms with Gasteiger partial charge in [-0.25, -0.2) is 4.79 Å². The Hall–Kier alpha value is -1.29. The molecule has 0 radical (unpaired) electrons. The van der Waals surface area contributed by atoms with E-state index >= 15 is 0 Å². The third-order valence-electron chi connectivity index (χ3n) is 1.43. The Kier molecular flexibility index (Phi) is 9.27. The van der Waals surface area contributed by atoms with Gasteiger partial charge in [0.15, 0.2) is 6.04 Å². The van der Waals surface area contributed by atoms with Crippen LogP contribution in [-0.4, -0.2) is 35.6 Å². The van der Waals surface area contributed by atoms with Gasteiger partial charge in [0, 0.05) is 12.4 Å². The summed E-state index contributed by atoms with van der Waals surface area (Å²) >= 11 is 0. The third-order valence-corrected chi connectivity index (χ3v) is 1.43. The molecule has 0 bridgehead atoms. The predicted octanol–water partition coefficient (Wildman–Crippen LogP) is -6.60. The van der Waals surface area contributed by atoms with Gasteiger partial charge in [0.2, 0.25) is 0 Å². The van der Waals surface area contributed by atoms with Crippen LogP contribution < -0.4 is 51.0 Å². The Balaban J connectivity index is 0. The van der Waals surface area contributed by atoms with E-state index in [-0.39, 0.29) is 35.3 Å². The van der Waals surface area contributed by atoms with E-state index in [0.717, 1.165) is 0 Å². The third kappa shape index (κ3) is 7.90. The summed E-state index contributed by atoms with van der Waals surface area (Å²) in [6.45, 7) is 1.20. The van der Waals surface area contributed by atoms with Crippen molar-refractivity contribution in [2.45, 2.75) is 19.4 Å². The first-order chi connectivity index (χ1) is 7.73. The minimum Gasteiger partial charge on any atom is -0.550 e. The first kappa shape index (κ1) is 19.1. The summed E-state index contributed by atoms with van der Waals surface area (Å²) in [6.07, 6.45) is -0.472. The molecule has 1 aliphatic rings. The molecule has 4 amide bonds. The zero-order valence-electron chi connectivity index (χ0n) is 9.81. The van der Waals surface area contributed by atoms with Crippen LogP contribution in [0, 0.1) is 0 Å². The van der Waals surface area contributed by atoms with Crippen molar-refractivity contribution in [3.63, 3.8) is 0 Å². The van der Waals surface area contributed by atoms with Gasteiger partial charge in [0.05, 0.1) is 0 Å². The molecule has 10 heteroatoms. The van der Waals surface area contributed by atoms with Gasteiger partial charge in [0.1, 0.15) is 5.78 Å². The monoisotopic (exact) mass is 267 g/mol. The van der Waals surface area contributed by atoms with Gasteiger partial charge in [0.25, 0.3) is 11.8 Å². The number of urea groups is 1. The maximum absolute atomic E-state index is 10.5. The second-order valence-electron chi connectivity index (χ2n) is 3.04. The van der Waals surface area contributed by atoms with E-state index in [2.05, 4.69) is 0 Å². The normalized spacial score (nSPS) is 14.4. The quantitative estimate of drug-likeness (QED) is 0.331. The van der Waals surface area contributed by atoms with Crippen LogP contribution in [0.15, 0.2) is 0 Å². The van der Waals surface area contributed by atoms with Gasteiger partial charge in [-0.05, 0) is 6.92 Å². The molecule has 0 aromatic heterocycles. The number of carbonyl (C=O) groups excluding carboxylic acids is 5. The predicted molar refractivity (Wildman–Crippen MR) is 50.0 cm³/mol. The van der Waals surface area contributed by atoms with E-state index in [1.807, 2.05) is 10.6 Å². The fourth-order valence-electron chi connectivity index (χ4n) is 0.733. The Bertz CT molecular complexity index is 351. The van der Waals surface area contributed by atoms with E-state index < -0.39 is 36.3 Å². The zero-order valence-corrected chi connectivity index (χ0v) is 11.8. The Labute approximate surface area is 124 Å². The van der Waals surface area contributed by atoms with Gasteiger partial charge in [-0.3, -0.25) is 25.0 Å². The van der Waals surface area contributed by atoms with Crippen molar-refractivity contribution in [1.82, 2.24) is 10.6 Å². The fraction of sp³-hybridized carbons (Fsp3) is 0.375. The summed E-state index contributed by atoms with van der Waals surface area (Å²) in [7, 11) is 0. The van der Waals surface area contributed by atoms with Crippen molar-refractivity contribution in [3.8, 4) is 0 Å². The van der Waals surface area contributed by atoms with E-state index in [0.29, 0.717) is 0 Å². The van der Waals surface area contributed by atoms with Crippen molar-refractivity contribution in [2.75, 3.05) is 0 Å². The molecule has 0 atom stereocenters. The van der Waals surface area contributed by atoms with Gasteiger partial charge < -0.3 is 15.6 Å². The molecule has 0 aliphatic carbocycles. The summed E-state index contributed by atoms with van der Waals surface area (Å²) in [5.74, 6) is -3.23. The first-order valence-corrected chi connectivity index (χ1v) is 4.34. The molecule has 0 aromatic carbocycles. The van der Waals surface area contributed by atoms with Crippen molar-refractivity contribution < 1.29 is 58.6 Å². The van der Waals surface area contributed by atoms with Gasteiger partial charge >= 0.3 is 35.6 Å². The zero-order chi connectivity index (χ0) is 13.6. The van der Waals surface area contributed by atoms with Crippen LogP contribution in [0.5, 0.6) is 0 Å². The molecule has 94 valence electrons.